The van der Waals surface area contributed by atoms with Crippen molar-refractivity contribution in [2.45, 2.75) is 51.7 Å². The summed E-state index contributed by atoms with van der Waals surface area (Å²) in [5, 5.41) is 19.3. The van der Waals surface area contributed by atoms with Gasteiger partial charge in [0.25, 0.3) is 0 Å². The van der Waals surface area contributed by atoms with E-state index >= 15 is 0 Å². The number of rotatable bonds is 6. The lowest BCUT2D eigenvalue weighted by molar-refractivity contribution is 0.169. The summed E-state index contributed by atoms with van der Waals surface area (Å²) >= 11 is 0. The predicted molar refractivity (Wildman–Crippen MR) is 94.1 cm³/mol. The Morgan fingerprint density at radius 1 is 1.28 bits per heavy atom. The minimum absolute atomic E-state index is 0.157. The van der Waals surface area contributed by atoms with Crippen LogP contribution in [0.15, 0.2) is 34.9 Å². The van der Waals surface area contributed by atoms with Crippen LogP contribution in [0.2, 0.25) is 0 Å². The van der Waals surface area contributed by atoms with E-state index in [0.717, 1.165) is 5.56 Å². The van der Waals surface area contributed by atoms with Crippen LogP contribution in [0.4, 0.5) is 4.79 Å². The molecule has 1 aromatic heterocycles. The van der Waals surface area contributed by atoms with E-state index in [9.17, 15) is 9.90 Å². The minimum atomic E-state index is -0.653. The Labute approximate surface area is 147 Å². The topological polar surface area (TPSA) is 100 Å². The van der Waals surface area contributed by atoms with Crippen LogP contribution < -0.4 is 10.6 Å². The first kappa shape index (κ1) is 18.9. The van der Waals surface area contributed by atoms with Gasteiger partial charge in [0.2, 0.25) is 5.89 Å². The molecule has 2 aromatic rings. The molecule has 0 fully saturated rings. The fraction of sp³-hybridized carbons (Fsp3) is 0.500. The van der Waals surface area contributed by atoms with Gasteiger partial charge in [-0.2, -0.15) is 4.98 Å². The number of benzene rings is 1. The van der Waals surface area contributed by atoms with Gasteiger partial charge in [0.05, 0.1) is 6.10 Å². The van der Waals surface area contributed by atoms with Crippen molar-refractivity contribution in [3.05, 3.63) is 47.6 Å². The van der Waals surface area contributed by atoms with E-state index in [1.54, 1.807) is 6.92 Å². The zero-order valence-electron chi connectivity index (χ0n) is 15.1. The Morgan fingerprint density at radius 3 is 2.56 bits per heavy atom. The highest BCUT2D eigenvalue weighted by molar-refractivity contribution is 5.74. The first-order chi connectivity index (χ1) is 11.8. The summed E-state index contributed by atoms with van der Waals surface area (Å²) < 4.78 is 5.21. The van der Waals surface area contributed by atoms with E-state index in [2.05, 4.69) is 20.8 Å². The number of aromatic nitrogens is 2. The van der Waals surface area contributed by atoms with Gasteiger partial charge in [0.1, 0.15) is 6.04 Å². The minimum Gasteiger partial charge on any atom is -0.391 e. The summed E-state index contributed by atoms with van der Waals surface area (Å²) in [5.74, 6) is 0.944. The number of hydrogen-bond donors (Lipinski definition) is 3. The Kier molecular flexibility index (Phi) is 6.14. The SMILES string of the molecule is CC(NC(=O)NCC(O)Cc1ccccc1)c1nc(C(C)(C)C)no1. The number of nitrogens with one attached hydrogen (secondary N) is 2. The van der Waals surface area contributed by atoms with E-state index in [4.69, 9.17) is 4.52 Å². The first-order valence-corrected chi connectivity index (χ1v) is 8.36. The molecule has 7 heteroatoms. The second-order valence-corrected chi connectivity index (χ2v) is 7.13. The molecule has 0 saturated carbocycles. The molecule has 3 N–H and O–H groups in total. The zero-order valence-corrected chi connectivity index (χ0v) is 15.1. The third-order valence-electron chi connectivity index (χ3n) is 3.64. The number of carbonyl (C=O) groups excluding carboxylic acids is 1. The highest BCUT2D eigenvalue weighted by Gasteiger charge is 2.23. The molecule has 25 heavy (non-hydrogen) atoms. The van der Waals surface area contributed by atoms with Crippen LogP contribution in [-0.2, 0) is 11.8 Å². The van der Waals surface area contributed by atoms with E-state index in [-0.39, 0.29) is 12.0 Å². The third-order valence-corrected chi connectivity index (χ3v) is 3.64. The summed E-state index contributed by atoms with van der Waals surface area (Å²) in [5.41, 5.74) is 0.803. The number of aliphatic hydroxyl groups is 1. The number of amides is 2. The molecule has 0 aliphatic carbocycles. The van der Waals surface area contributed by atoms with Crippen molar-refractivity contribution in [1.82, 2.24) is 20.8 Å². The van der Waals surface area contributed by atoms with Crippen molar-refractivity contribution in [1.29, 1.82) is 0 Å². The van der Waals surface area contributed by atoms with Crippen molar-refractivity contribution in [3.8, 4) is 0 Å². The van der Waals surface area contributed by atoms with Gasteiger partial charge in [0.15, 0.2) is 5.82 Å². The smallest absolute Gasteiger partial charge is 0.315 e. The molecule has 0 spiro atoms. The van der Waals surface area contributed by atoms with E-state index in [1.165, 1.54) is 0 Å². The molecule has 7 nitrogen and oxygen atoms in total. The molecule has 1 aromatic carbocycles. The lowest BCUT2D eigenvalue weighted by Gasteiger charge is -2.14. The van der Waals surface area contributed by atoms with E-state index < -0.39 is 18.2 Å². The Bertz CT molecular complexity index is 679. The zero-order chi connectivity index (χ0) is 18.4. The molecule has 136 valence electrons. The van der Waals surface area contributed by atoms with E-state index in [0.29, 0.717) is 18.1 Å². The summed E-state index contributed by atoms with van der Waals surface area (Å²) in [6, 6.07) is 8.82. The van der Waals surface area contributed by atoms with Gasteiger partial charge >= 0.3 is 6.03 Å². The number of hydrogen-bond acceptors (Lipinski definition) is 5. The number of aliphatic hydroxyl groups excluding tert-OH is 1. The quantitative estimate of drug-likeness (QED) is 0.745. The van der Waals surface area contributed by atoms with Crippen molar-refractivity contribution in [3.63, 3.8) is 0 Å². The Morgan fingerprint density at radius 2 is 1.96 bits per heavy atom. The maximum Gasteiger partial charge on any atom is 0.315 e. The molecule has 0 bridgehead atoms. The molecule has 0 radical (unpaired) electrons. The lowest BCUT2D eigenvalue weighted by atomic mass is 9.96. The second kappa shape index (κ2) is 8.11. The monoisotopic (exact) mass is 346 g/mol. The van der Waals surface area contributed by atoms with Crippen molar-refractivity contribution < 1.29 is 14.4 Å². The standard InChI is InChI=1S/C18H26N4O3/c1-12(15-21-16(22-25-15)18(2,3)4)20-17(24)19-11-14(23)10-13-8-6-5-7-9-13/h5-9,12,14,23H,10-11H2,1-4H3,(H2,19,20,24). The summed E-state index contributed by atoms with van der Waals surface area (Å²) in [6.07, 6.45) is -0.172. The Hall–Kier alpha value is -2.41. The summed E-state index contributed by atoms with van der Waals surface area (Å²) in [7, 11) is 0. The van der Waals surface area contributed by atoms with Crippen LogP contribution in [0.1, 0.15) is 51.0 Å². The van der Waals surface area contributed by atoms with Crippen LogP contribution in [-0.4, -0.2) is 33.9 Å². The van der Waals surface area contributed by atoms with Crippen LogP contribution in [0, 0.1) is 0 Å². The molecule has 2 rings (SSSR count). The van der Waals surface area contributed by atoms with Crippen molar-refractivity contribution in [2.75, 3.05) is 6.54 Å². The van der Waals surface area contributed by atoms with Crippen LogP contribution in [0.5, 0.6) is 0 Å². The van der Waals surface area contributed by atoms with Gasteiger partial charge < -0.3 is 20.3 Å². The van der Waals surface area contributed by atoms with Gasteiger partial charge in [0, 0.05) is 18.4 Å². The molecule has 2 amide bonds. The van der Waals surface area contributed by atoms with Gasteiger partial charge in [-0.25, -0.2) is 4.79 Å². The molecule has 1 heterocycles. The summed E-state index contributed by atoms with van der Waals surface area (Å²) in [6.45, 7) is 7.88. The molecular formula is C18H26N4O3. The predicted octanol–water partition coefficient (Wildman–Crippen LogP) is 2.33. The first-order valence-electron chi connectivity index (χ1n) is 8.36. The molecule has 0 aliphatic heterocycles. The fourth-order valence-corrected chi connectivity index (χ4v) is 2.19. The Balaban J connectivity index is 1.78. The van der Waals surface area contributed by atoms with Crippen LogP contribution in [0.3, 0.4) is 0 Å². The van der Waals surface area contributed by atoms with Crippen LogP contribution in [0.25, 0.3) is 0 Å². The number of carbonyl (C=O) groups is 1. The molecule has 0 aliphatic rings. The maximum absolute atomic E-state index is 12.0. The average Bonchev–Trinajstić information content (AvgIpc) is 3.04. The van der Waals surface area contributed by atoms with Crippen molar-refractivity contribution in [2.24, 2.45) is 0 Å². The summed E-state index contributed by atoms with van der Waals surface area (Å²) in [4.78, 5) is 16.3. The van der Waals surface area contributed by atoms with E-state index in [1.807, 2.05) is 51.1 Å². The second-order valence-electron chi connectivity index (χ2n) is 7.13. The van der Waals surface area contributed by atoms with Gasteiger partial charge in [-0.05, 0) is 12.5 Å². The van der Waals surface area contributed by atoms with Crippen LogP contribution >= 0.6 is 0 Å². The highest BCUT2D eigenvalue weighted by atomic mass is 16.5. The third kappa shape index (κ3) is 5.86. The molecular weight excluding hydrogens is 320 g/mol. The molecule has 2 atom stereocenters. The molecule has 2 unspecified atom stereocenters. The van der Waals surface area contributed by atoms with Crippen molar-refractivity contribution >= 4 is 6.03 Å². The largest absolute Gasteiger partial charge is 0.391 e. The number of urea groups is 1. The fourth-order valence-electron chi connectivity index (χ4n) is 2.19. The number of nitrogens with zero attached hydrogens (tertiary/aromatic N) is 2. The van der Waals surface area contributed by atoms with Gasteiger partial charge in [-0.1, -0.05) is 56.3 Å². The van der Waals surface area contributed by atoms with Gasteiger partial charge in [-0.15, -0.1) is 0 Å². The lowest BCUT2D eigenvalue weighted by Crippen LogP contribution is -2.41. The molecule has 0 saturated heterocycles. The van der Waals surface area contributed by atoms with Gasteiger partial charge in [-0.3, -0.25) is 0 Å². The highest BCUT2D eigenvalue weighted by Crippen LogP contribution is 2.20. The maximum atomic E-state index is 12.0. The normalized spacial score (nSPS) is 14.0. The average molecular weight is 346 g/mol.